The minimum Gasteiger partial charge on any atom is -0.481 e. The number of nitrogens with zero attached hydrogens (tertiary/aromatic N) is 3. The largest absolute Gasteiger partial charge is 0.481 e. The van der Waals surface area contributed by atoms with Gasteiger partial charge in [0.05, 0.1) is 5.69 Å². The van der Waals surface area contributed by atoms with E-state index in [1.54, 1.807) is 0 Å². The van der Waals surface area contributed by atoms with E-state index in [-0.39, 0.29) is 0 Å². The van der Waals surface area contributed by atoms with E-state index < -0.39 is 5.97 Å². The Morgan fingerprint density at radius 2 is 2.22 bits per heavy atom. The maximum absolute atomic E-state index is 10.6. The molecule has 1 aromatic rings. The third-order valence-electron chi connectivity index (χ3n) is 3.58. The fraction of sp³-hybridized carbons (Fsp3) is 0.692. The zero-order valence-corrected chi connectivity index (χ0v) is 10.9. The summed E-state index contributed by atoms with van der Waals surface area (Å²) in [5, 5.41) is 13.2. The Bertz CT molecular complexity index is 395. The molecule has 1 fully saturated rings. The molecule has 1 saturated heterocycles. The van der Waals surface area contributed by atoms with Gasteiger partial charge in [-0.25, -0.2) is 0 Å². The van der Waals surface area contributed by atoms with E-state index in [0.29, 0.717) is 12.3 Å². The number of hydrogen-bond donors (Lipinski definition) is 1. The third-order valence-corrected chi connectivity index (χ3v) is 3.58. The van der Waals surface area contributed by atoms with Crippen molar-refractivity contribution in [2.75, 3.05) is 13.1 Å². The van der Waals surface area contributed by atoms with Crippen molar-refractivity contribution >= 4 is 5.97 Å². The number of likely N-dealkylation sites (tertiary alicyclic amines) is 1. The van der Waals surface area contributed by atoms with Crippen LogP contribution in [0, 0.1) is 5.92 Å². The van der Waals surface area contributed by atoms with Crippen LogP contribution in [0.5, 0.6) is 0 Å². The first-order valence-electron chi connectivity index (χ1n) is 6.64. The Hall–Kier alpha value is -1.36. The minimum absolute atomic E-state index is 0.318. The highest BCUT2D eigenvalue weighted by Crippen LogP contribution is 2.21. The molecule has 18 heavy (non-hydrogen) atoms. The summed E-state index contributed by atoms with van der Waals surface area (Å²) in [7, 11) is 0. The van der Waals surface area contributed by atoms with Crippen LogP contribution in [0.25, 0.3) is 0 Å². The molecule has 2 rings (SSSR count). The van der Waals surface area contributed by atoms with E-state index in [9.17, 15) is 4.79 Å². The zero-order chi connectivity index (χ0) is 13.0. The average Bonchev–Trinajstić information content (AvgIpc) is 2.79. The van der Waals surface area contributed by atoms with Crippen molar-refractivity contribution in [1.29, 1.82) is 0 Å². The highest BCUT2D eigenvalue weighted by atomic mass is 16.4. The Labute approximate surface area is 107 Å². The van der Waals surface area contributed by atoms with Gasteiger partial charge in [-0.15, -0.1) is 0 Å². The van der Waals surface area contributed by atoms with Gasteiger partial charge in [-0.1, -0.05) is 0 Å². The Morgan fingerprint density at radius 3 is 2.78 bits per heavy atom. The van der Waals surface area contributed by atoms with Crippen molar-refractivity contribution in [2.24, 2.45) is 5.92 Å². The van der Waals surface area contributed by atoms with Gasteiger partial charge in [-0.3, -0.25) is 14.4 Å². The zero-order valence-electron chi connectivity index (χ0n) is 10.9. The topological polar surface area (TPSA) is 58.4 Å². The molecule has 0 radical (unpaired) electrons. The van der Waals surface area contributed by atoms with Crippen LogP contribution in [-0.4, -0.2) is 38.8 Å². The highest BCUT2D eigenvalue weighted by Gasteiger charge is 2.21. The van der Waals surface area contributed by atoms with Crippen LogP contribution in [0.1, 0.15) is 31.9 Å². The van der Waals surface area contributed by atoms with Gasteiger partial charge < -0.3 is 5.11 Å². The predicted octanol–water partition coefficient (Wildman–Crippen LogP) is 1.59. The molecular weight excluding hydrogens is 230 g/mol. The number of aromatic nitrogens is 2. The van der Waals surface area contributed by atoms with Crippen molar-refractivity contribution in [2.45, 2.75) is 39.3 Å². The molecule has 1 aliphatic rings. The summed E-state index contributed by atoms with van der Waals surface area (Å²) in [6, 6.07) is 2.06. The Morgan fingerprint density at radius 1 is 1.50 bits per heavy atom. The van der Waals surface area contributed by atoms with Gasteiger partial charge >= 0.3 is 5.97 Å². The lowest BCUT2D eigenvalue weighted by molar-refractivity contribution is -0.138. The van der Waals surface area contributed by atoms with Crippen molar-refractivity contribution in [3.05, 3.63) is 18.0 Å². The summed E-state index contributed by atoms with van der Waals surface area (Å²) in [5.74, 6) is -0.318. The van der Waals surface area contributed by atoms with Crippen LogP contribution >= 0.6 is 0 Å². The first-order chi connectivity index (χ1) is 8.67. The van der Waals surface area contributed by atoms with Crippen LogP contribution in [-0.2, 0) is 17.9 Å². The summed E-state index contributed by atoms with van der Waals surface area (Å²) in [5.41, 5.74) is 1.11. The molecule has 0 unspecified atom stereocenters. The van der Waals surface area contributed by atoms with E-state index in [2.05, 4.69) is 23.0 Å². The highest BCUT2D eigenvalue weighted by molar-refractivity contribution is 5.67. The van der Waals surface area contributed by atoms with Crippen LogP contribution in [0.2, 0.25) is 0 Å². The summed E-state index contributed by atoms with van der Waals surface area (Å²) in [6.45, 7) is 5.83. The lowest BCUT2D eigenvalue weighted by atomic mass is 9.93. The summed E-state index contributed by atoms with van der Waals surface area (Å²) < 4.78 is 1.94. The van der Waals surface area contributed by atoms with Crippen LogP contribution < -0.4 is 0 Å². The van der Waals surface area contributed by atoms with Gasteiger partial charge in [0.25, 0.3) is 0 Å². The fourth-order valence-electron chi connectivity index (χ4n) is 2.49. The lowest BCUT2D eigenvalue weighted by Crippen LogP contribution is -2.34. The summed E-state index contributed by atoms with van der Waals surface area (Å²) in [4.78, 5) is 13.0. The second-order valence-corrected chi connectivity index (χ2v) is 4.98. The number of carboxylic acid groups (broad SMARTS) is 1. The van der Waals surface area contributed by atoms with Gasteiger partial charge in [-0.05, 0) is 44.8 Å². The van der Waals surface area contributed by atoms with E-state index in [0.717, 1.165) is 44.7 Å². The summed E-state index contributed by atoms with van der Waals surface area (Å²) in [6.07, 6.45) is 4.30. The first-order valence-corrected chi connectivity index (χ1v) is 6.64. The van der Waals surface area contributed by atoms with Gasteiger partial charge in [0.2, 0.25) is 0 Å². The molecule has 0 amide bonds. The lowest BCUT2D eigenvalue weighted by Gasteiger charge is -2.30. The Kier molecular flexibility index (Phi) is 4.36. The average molecular weight is 251 g/mol. The number of aryl methyl sites for hydroxylation is 1. The van der Waals surface area contributed by atoms with Gasteiger partial charge in [-0.2, -0.15) is 5.10 Å². The van der Waals surface area contributed by atoms with Gasteiger partial charge in [0, 0.05) is 25.7 Å². The van der Waals surface area contributed by atoms with Crippen LogP contribution in [0.4, 0.5) is 0 Å². The number of piperidine rings is 1. The monoisotopic (exact) mass is 251 g/mol. The summed E-state index contributed by atoms with van der Waals surface area (Å²) >= 11 is 0. The number of carbonyl (C=O) groups is 1. The maximum atomic E-state index is 10.6. The number of hydrogen-bond acceptors (Lipinski definition) is 3. The van der Waals surface area contributed by atoms with Gasteiger partial charge in [0.15, 0.2) is 0 Å². The molecule has 0 atom stereocenters. The van der Waals surface area contributed by atoms with Crippen molar-refractivity contribution in [1.82, 2.24) is 14.7 Å². The van der Waals surface area contributed by atoms with E-state index in [1.165, 1.54) is 0 Å². The second kappa shape index (κ2) is 6.00. The second-order valence-electron chi connectivity index (χ2n) is 4.98. The fourth-order valence-corrected chi connectivity index (χ4v) is 2.49. The molecule has 0 spiro atoms. The molecule has 5 heteroatoms. The molecule has 0 saturated carbocycles. The normalized spacial score (nSPS) is 18.1. The molecule has 1 aliphatic heterocycles. The maximum Gasteiger partial charge on any atom is 0.303 e. The standard InChI is InChI=1S/C13H21N3O2/c1-2-16-8-5-12(14-16)10-15-6-3-11(4-7-15)9-13(17)18/h5,8,11H,2-4,6-7,9-10H2,1H3,(H,17,18). The van der Waals surface area contributed by atoms with E-state index in [1.807, 2.05) is 10.9 Å². The van der Waals surface area contributed by atoms with Crippen LogP contribution in [0.15, 0.2) is 12.3 Å². The molecule has 1 N–H and O–H groups in total. The SMILES string of the molecule is CCn1ccc(CN2CCC(CC(=O)O)CC2)n1. The molecule has 0 aromatic carbocycles. The van der Waals surface area contributed by atoms with Crippen LogP contribution in [0.3, 0.4) is 0 Å². The number of aliphatic carboxylic acids is 1. The predicted molar refractivity (Wildman–Crippen MR) is 68.2 cm³/mol. The number of carboxylic acids is 1. The molecular formula is C13H21N3O2. The number of rotatable bonds is 5. The quantitative estimate of drug-likeness (QED) is 0.863. The molecule has 100 valence electrons. The Balaban J connectivity index is 1.78. The molecule has 5 nitrogen and oxygen atoms in total. The van der Waals surface area contributed by atoms with Gasteiger partial charge in [0.1, 0.15) is 0 Å². The van der Waals surface area contributed by atoms with E-state index >= 15 is 0 Å². The van der Waals surface area contributed by atoms with Crippen molar-refractivity contribution in [3.63, 3.8) is 0 Å². The minimum atomic E-state index is -0.671. The molecule has 1 aromatic heterocycles. The third kappa shape index (κ3) is 3.57. The van der Waals surface area contributed by atoms with Crippen molar-refractivity contribution < 1.29 is 9.90 Å². The molecule has 0 aliphatic carbocycles. The van der Waals surface area contributed by atoms with Crippen molar-refractivity contribution in [3.8, 4) is 0 Å². The first kappa shape index (κ1) is 13.1. The van der Waals surface area contributed by atoms with E-state index in [4.69, 9.17) is 5.11 Å². The molecule has 0 bridgehead atoms. The molecule has 2 heterocycles. The smallest absolute Gasteiger partial charge is 0.303 e.